The fourth-order valence-corrected chi connectivity index (χ4v) is 4.61. The smallest absolute Gasteiger partial charge is 0.294 e. The molecule has 2 aromatic rings. The lowest BCUT2D eigenvalue weighted by Crippen LogP contribution is -2.36. The minimum atomic E-state index is -0.447. The number of carbonyl (C=O) groups excluding carboxylic acids is 3. The number of imide groups is 1. The number of ether oxygens (including phenoxy) is 1. The number of benzene rings is 2. The number of amides is 3. The van der Waals surface area contributed by atoms with Gasteiger partial charge in [0, 0.05) is 24.5 Å². The van der Waals surface area contributed by atoms with Crippen LogP contribution in [0.2, 0.25) is 0 Å². The summed E-state index contributed by atoms with van der Waals surface area (Å²) in [5.74, 6) is -0.857. The number of carbonyl (C=O) groups is 3. The molecule has 1 N–H and O–H groups in total. The second-order valence-corrected chi connectivity index (χ2v) is 9.25. The van der Waals surface area contributed by atoms with Crippen molar-refractivity contribution < 1.29 is 19.1 Å². The summed E-state index contributed by atoms with van der Waals surface area (Å²) in [7, 11) is 0. The fourth-order valence-electron chi connectivity index (χ4n) is 3.78. The number of hydrogen-bond acceptors (Lipinski definition) is 6. The third kappa shape index (κ3) is 5.29. The van der Waals surface area contributed by atoms with E-state index in [-0.39, 0.29) is 6.54 Å². The molecule has 7 nitrogen and oxygen atoms in total. The van der Waals surface area contributed by atoms with Crippen LogP contribution in [-0.4, -0.2) is 54.8 Å². The summed E-state index contributed by atoms with van der Waals surface area (Å²) < 4.78 is 5.41. The first-order valence-electron chi connectivity index (χ1n) is 10.9. The van der Waals surface area contributed by atoms with E-state index in [9.17, 15) is 14.4 Å². The largest absolute Gasteiger partial charge is 0.378 e. The van der Waals surface area contributed by atoms with E-state index in [1.165, 1.54) is 0 Å². The molecule has 2 fully saturated rings. The number of nitrogens with zero attached hydrogens (tertiary/aromatic N) is 2. The quantitative estimate of drug-likeness (QED) is 0.669. The minimum Gasteiger partial charge on any atom is -0.378 e. The fraction of sp³-hybridized carbons (Fsp3) is 0.320. The molecule has 4 rings (SSSR count). The SMILES string of the molecule is Cc1ccc(NC(=O)CN2C(=O)SC(=Cc3ccc(N4CCOCC4)cc3C)C2=O)cc1C. The lowest BCUT2D eigenvalue weighted by atomic mass is 10.1. The second-order valence-electron chi connectivity index (χ2n) is 8.26. The molecule has 0 atom stereocenters. The van der Waals surface area contributed by atoms with Crippen LogP contribution in [0.4, 0.5) is 16.2 Å². The standard InChI is InChI=1S/C25H27N3O4S/c1-16-4-6-20(12-17(16)2)26-23(29)15-28-24(30)22(33-25(28)31)14-19-5-7-21(13-18(19)3)27-8-10-32-11-9-27/h4-7,12-14H,8-11,15H2,1-3H3,(H,26,29). The molecule has 0 spiro atoms. The summed E-state index contributed by atoms with van der Waals surface area (Å²) in [6.45, 7) is 8.74. The van der Waals surface area contributed by atoms with Crippen LogP contribution >= 0.6 is 11.8 Å². The molecule has 8 heteroatoms. The van der Waals surface area contributed by atoms with E-state index in [0.717, 1.165) is 57.7 Å². The van der Waals surface area contributed by atoms with E-state index in [1.54, 1.807) is 12.1 Å². The molecule has 2 heterocycles. The van der Waals surface area contributed by atoms with Gasteiger partial charge in [0.2, 0.25) is 5.91 Å². The first-order valence-corrected chi connectivity index (χ1v) is 11.7. The number of hydrogen-bond donors (Lipinski definition) is 1. The third-order valence-corrected chi connectivity index (χ3v) is 6.79. The molecule has 0 saturated carbocycles. The summed E-state index contributed by atoms with van der Waals surface area (Å²) in [5.41, 5.74) is 5.82. The summed E-state index contributed by atoms with van der Waals surface area (Å²) in [5, 5.41) is 2.32. The van der Waals surface area contributed by atoms with Crippen LogP contribution in [0, 0.1) is 20.8 Å². The summed E-state index contributed by atoms with van der Waals surface area (Å²) in [4.78, 5) is 41.3. The van der Waals surface area contributed by atoms with Crippen LogP contribution in [0.5, 0.6) is 0 Å². The van der Waals surface area contributed by atoms with E-state index in [4.69, 9.17) is 4.74 Å². The average molecular weight is 466 g/mol. The Bertz CT molecular complexity index is 1140. The summed E-state index contributed by atoms with van der Waals surface area (Å²) in [6.07, 6.45) is 1.73. The van der Waals surface area contributed by atoms with E-state index >= 15 is 0 Å². The van der Waals surface area contributed by atoms with Crippen LogP contribution in [0.15, 0.2) is 41.3 Å². The Morgan fingerprint density at radius 1 is 1.03 bits per heavy atom. The lowest BCUT2D eigenvalue weighted by Gasteiger charge is -2.29. The van der Waals surface area contributed by atoms with Crippen LogP contribution in [0.3, 0.4) is 0 Å². The maximum atomic E-state index is 12.8. The Kier molecular flexibility index (Phi) is 6.85. The molecule has 0 aromatic heterocycles. The zero-order valence-corrected chi connectivity index (χ0v) is 19.8. The Morgan fingerprint density at radius 2 is 1.79 bits per heavy atom. The molecule has 2 aromatic carbocycles. The molecule has 2 saturated heterocycles. The molecule has 0 unspecified atom stereocenters. The van der Waals surface area contributed by atoms with Crippen molar-refractivity contribution in [3.05, 3.63) is 63.6 Å². The molecule has 0 bridgehead atoms. The first kappa shape index (κ1) is 23.1. The maximum Gasteiger partial charge on any atom is 0.294 e. The zero-order valence-electron chi connectivity index (χ0n) is 19.0. The van der Waals surface area contributed by atoms with Gasteiger partial charge in [0.15, 0.2) is 0 Å². The topological polar surface area (TPSA) is 79.0 Å². The van der Waals surface area contributed by atoms with Crippen LogP contribution in [0.25, 0.3) is 6.08 Å². The predicted molar refractivity (Wildman–Crippen MR) is 131 cm³/mol. The van der Waals surface area contributed by atoms with Crippen molar-refractivity contribution in [3.63, 3.8) is 0 Å². The van der Waals surface area contributed by atoms with Crippen molar-refractivity contribution in [3.8, 4) is 0 Å². The molecule has 3 amide bonds. The van der Waals surface area contributed by atoms with Gasteiger partial charge in [0.1, 0.15) is 6.54 Å². The van der Waals surface area contributed by atoms with E-state index < -0.39 is 17.1 Å². The van der Waals surface area contributed by atoms with Gasteiger partial charge in [-0.1, -0.05) is 12.1 Å². The highest BCUT2D eigenvalue weighted by Crippen LogP contribution is 2.33. The van der Waals surface area contributed by atoms with E-state index in [2.05, 4.69) is 16.3 Å². The number of anilines is 2. The molecular formula is C25H27N3O4S. The van der Waals surface area contributed by atoms with Gasteiger partial charge < -0.3 is 15.0 Å². The molecule has 2 aliphatic rings. The first-order chi connectivity index (χ1) is 15.8. The summed E-state index contributed by atoms with van der Waals surface area (Å²) >= 11 is 0.862. The Labute approximate surface area is 197 Å². The Balaban J connectivity index is 1.44. The van der Waals surface area contributed by atoms with Gasteiger partial charge in [-0.15, -0.1) is 0 Å². The summed E-state index contributed by atoms with van der Waals surface area (Å²) in [6, 6.07) is 11.6. The molecule has 0 radical (unpaired) electrons. The van der Waals surface area contributed by atoms with E-state index in [0.29, 0.717) is 23.8 Å². The number of aryl methyl sites for hydroxylation is 3. The molecule has 172 valence electrons. The monoisotopic (exact) mass is 465 g/mol. The van der Waals surface area contributed by atoms with Crippen LogP contribution in [0.1, 0.15) is 22.3 Å². The number of thioether (sulfide) groups is 1. The van der Waals surface area contributed by atoms with Gasteiger partial charge in [-0.2, -0.15) is 0 Å². The maximum absolute atomic E-state index is 12.8. The van der Waals surface area contributed by atoms with Gasteiger partial charge in [0.05, 0.1) is 18.1 Å². The van der Waals surface area contributed by atoms with Gasteiger partial charge in [-0.05, 0) is 85.1 Å². The highest BCUT2D eigenvalue weighted by molar-refractivity contribution is 8.18. The van der Waals surface area contributed by atoms with Gasteiger partial charge in [-0.25, -0.2) is 0 Å². The zero-order chi connectivity index (χ0) is 23.5. The van der Waals surface area contributed by atoms with Crippen molar-refractivity contribution in [1.29, 1.82) is 0 Å². The predicted octanol–water partition coefficient (Wildman–Crippen LogP) is 4.12. The van der Waals surface area contributed by atoms with Crippen LogP contribution < -0.4 is 10.2 Å². The molecule has 33 heavy (non-hydrogen) atoms. The van der Waals surface area contributed by atoms with Gasteiger partial charge >= 0.3 is 0 Å². The number of rotatable bonds is 5. The van der Waals surface area contributed by atoms with Crippen molar-refractivity contribution in [2.24, 2.45) is 0 Å². The minimum absolute atomic E-state index is 0.316. The molecule has 0 aliphatic carbocycles. The highest BCUT2D eigenvalue weighted by Gasteiger charge is 2.36. The Morgan fingerprint density at radius 3 is 2.48 bits per heavy atom. The molecule has 2 aliphatic heterocycles. The van der Waals surface area contributed by atoms with Crippen LogP contribution in [-0.2, 0) is 14.3 Å². The highest BCUT2D eigenvalue weighted by atomic mass is 32.2. The van der Waals surface area contributed by atoms with Crippen molar-refractivity contribution in [2.45, 2.75) is 20.8 Å². The van der Waals surface area contributed by atoms with Crippen molar-refractivity contribution in [2.75, 3.05) is 43.1 Å². The van der Waals surface area contributed by atoms with Crippen molar-refractivity contribution in [1.82, 2.24) is 4.90 Å². The Hall–Kier alpha value is -3.10. The van der Waals surface area contributed by atoms with E-state index in [1.807, 2.05) is 45.0 Å². The lowest BCUT2D eigenvalue weighted by molar-refractivity contribution is -0.127. The second kappa shape index (κ2) is 9.80. The van der Waals surface area contributed by atoms with Gasteiger partial charge in [-0.3, -0.25) is 19.3 Å². The number of morpholine rings is 1. The number of nitrogens with one attached hydrogen (secondary N) is 1. The normalized spacial score (nSPS) is 17.7. The van der Waals surface area contributed by atoms with Crippen molar-refractivity contribution >= 4 is 46.3 Å². The van der Waals surface area contributed by atoms with Gasteiger partial charge in [0.25, 0.3) is 11.1 Å². The third-order valence-electron chi connectivity index (χ3n) is 5.88. The molecular weight excluding hydrogens is 438 g/mol. The average Bonchev–Trinajstić information content (AvgIpc) is 3.05.